The third-order valence-electron chi connectivity index (χ3n) is 5.28. The zero-order valence-electron chi connectivity index (χ0n) is 16.6. The van der Waals surface area contributed by atoms with Gasteiger partial charge in [-0.3, -0.25) is 9.89 Å². The number of carbonyl (C=O) groups excluding carboxylic acids is 1. The molecule has 1 aliphatic rings. The van der Waals surface area contributed by atoms with Crippen molar-refractivity contribution in [3.05, 3.63) is 42.4 Å². The summed E-state index contributed by atoms with van der Waals surface area (Å²) in [5.74, 6) is 0.455. The van der Waals surface area contributed by atoms with Gasteiger partial charge in [-0.25, -0.2) is 8.42 Å². The second-order valence-electron chi connectivity index (χ2n) is 7.13. The highest BCUT2D eigenvalue weighted by Gasteiger charge is 2.35. The van der Waals surface area contributed by atoms with Crippen molar-refractivity contribution in [1.29, 1.82) is 0 Å². The highest BCUT2D eigenvalue weighted by atomic mass is 32.2. The Bertz CT molecular complexity index is 1160. The van der Waals surface area contributed by atoms with Crippen LogP contribution in [0.2, 0.25) is 0 Å². The monoisotopic (exact) mass is 430 g/mol. The fraction of sp³-hybridized carbons (Fsp3) is 0.368. The molecule has 1 fully saturated rings. The molecule has 11 heteroatoms. The van der Waals surface area contributed by atoms with E-state index in [1.54, 1.807) is 25.1 Å². The van der Waals surface area contributed by atoms with Gasteiger partial charge < -0.3 is 14.2 Å². The van der Waals surface area contributed by atoms with Crippen molar-refractivity contribution >= 4 is 15.7 Å². The summed E-state index contributed by atoms with van der Waals surface area (Å²) < 4.78 is 32.3. The summed E-state index contributed by atoms with van der Waals surface area (Å²) in [6.45, 7) is 0.674. The molecule has 1 aromatic carbocycles. The summed E-state index contributed by atoms with van der Waals surface area (Å²) in [5.41, 5.74) is 1.74. The number of aromatic nitrogens is 5. The number of nitrogens with zero attached hydrogens (tertiary/aromatic N) is 5. The smallest absolute Gasteiger partial charge is 0.271 e. The second-order valence-corrected chi connectivity index (χ2v) is 9.25. The number of sulfone groups is 1. The molecule has 1 aliphatic heterocycles. The maximum atomic E-state index is 12.9. The summed E-state index contributed by atoms with van der Waals surface area (Å²) in [4.78, 5) is 14.5. The van der Waals surface area contributed by atoms with Gasteiger partial charge in [-0.2, -0.15) is 5.10 Å². The molecule has 3 heterocycles. The first kappa shape index (κ1) is 20.1. The average molecular weight is 430 g/mol. The first-order chi connectivity index (χ1) is 14.4. The van der Waals surface area contributed by atoms with Crippen LogP contribution in [0.25, 0.3) is 11.3 Å². The van der Waals surface area contributed by atoms with Gasteiger partial charge in [-0.15, -0.1) is 10.2 Å². The van der Waals surface area contributed by atoms with Crippen molar-refractivity contribution in [1.82, 2.24) is 29.9 Å². The Morgan fingerprint density at radius 3 is 2.63 bits per heavy atom. The van der Waals surface area contributed by atoms with Crippen LogP contribution in [0.3, 0.4) is 0 Å². The summed E-state index contributed by atoms with van der Waals surface area (Å²) in [5, 5.41) is 13.8. The number of aromatic amines is 1. The number of aryl methyl sites for hydroxylation is 1. The van der Waals surface area contributed by atoms with Gasteiger partial charge in [0.15, 0.2) is 0 Å². The van der Waals surface area contributed by atoms with Gasteiger partial charge in [0, 0.05) is 25.7 Å². The van der Waals surface area contributed by atoms with Crippen LogP contribution in [0.4, 0.5) is 0 Å². The van der Waals surface area contributed by atoms with Crippen LogP contribution < -0.4 is 4.74 Å². The highest BCUT2D eigenvalue weighted by Crippen LogP contribution is 2.29. The number of nitrogens with one attached hydrogen (secondary N) is 1. The Balaban J connectivity index is 1.45. The Morgan fingerprint density at radius 1 is 1.23 bits per heavy atom. The molecule has 10 nitrogen and oxygen atoms in total. The van der Waals surface area contributed by atoms with E-state index in [1.807, 2.05) is 24.3 Å². The normalized spacial score (nSPS) is 15.3. The number of hydrogen-bond donors (Lipinski definition) is 1. The third-order valence-corrected chi connectivity index (χ3v) is 7.51. The van der Waals surface area contributed by atoms with E-state index in [0.29, 0.717) is 43.1 Å². The van der Waals surface area contributed by atoms with E-state index in [0.717, 1.165) is 5.56 Å². The van der Waals surface area contributed by atoms with Gasteiger partial charge in [0.2, 0.25) is 15.0 Å². The molecule has 1 saturated heterocycles. The fourth-order valence-electron chi connectivity index (χ4n) is 3.64. The van der Waals surface area contributed by atoms with Crippen molar-refractivity contribution in [3.8, 4) is 17.0 Å². The van der Waals surface area contributed by atoms with E-state index in [1.165, 1.54) is 10.9 Å². The summed E-state index contributed by atoms with van der Waals surface area (Å²) in [6.07, 6.45) is 2.05. The van der Waals surface area contributed by atoms with Gasteiger partial charge in [0.1, 0.15) is 17.8 Å². The van der Waals surface area contributed by atoms with Crippen molar-refractivity contribution in [3.63, 3.8) is 0 Å². The number of carbonyl (C=O) groups is 1. The Labute approximate surface area is 173 Å². The van der Waals surface area contributed by atoms with Crippen LogP contribution in [-0.4, -0.2) is 69.6 Å². The number of para-hydroxylation sites is 1. The van der Waals surface area contributed by atoms with Crippen LogP contribution in [0.5, 0.6) is 5.75 Å². The average Bonchev–Trinajstić information content (AvgIpc) is 3.43. The van der Waals surface area contributed by atoms with E-state index < -0.39 is 15.1 Å². The minimum Gasteiger partial charge on any atom is -0.496 e. The molecular weight excluding hydrogens is 408 g/mol. The zero-order chi connectivity index (χ0) is 21.3. The van der Waals surface area contributed by atoms with Gasteiger partial charge in [0.05, 0.1) is 18.1 Å². The van der Waals surface area contributed by atoms with Crippen LogP contribution in [0, 0.1) is 0 Å². The van der Waals surface area contributed by atoms with E-state index >= 15 is 0 Å². The van der Waals surface area contributed by atoms with Crippen LogP contribution >= 0.6 is 0 Å². The molecule has 1 N–H and O–H groups in total. The lowest BCUT2D eigenvalue weighted by Crippen LogP contribution is -2.43. The molecular formula is C19H22N6O4S. The van der Waals surface area contributed by atoms with Crippen molar-refractivity contribution in [2.24, 2.45) is 7.05 Å². The topological polar surface area (TPSA) is 123 Å². The predicted octanol–water partition coefficient (Wildman–Crippen LogP) is 1.29. The van der Waals surface area contributed by atoms with Crippen molar-refractivity contribution in [2.45, 2.75) is 23.2 Å². The minimum atomic E-state index is -3.59. The Hall–Kier alpha value is -3.21. The number of benzene rings is 1. The molecule has 1 amide bonds. The van der Waals surface area contributed by atoms with Crippen LogP contribution in [0.1, 0.15) is 23.3 Å². The molecule has 0 spiro atoms. The molecule has 0 unspecified atom stereocenters. The van der Waals surface area contributed by atoms with Crippen LogP contribution in [0.15, 0.2) is 41.8 Å². The number of likely N-dealkylation sites (tertiary alicyclic amines) is 1. The molecule has 4 rings (SSSR count). The minimum absolute atomic E-state index is 0.0395. The summed E-state index contributed by atoms with van der Waals surface area (Å²) in [7, 11) is -0.405. The van der Waals surface area contributed by atoms with Crippen molar-refractivity contribution < 1.29 is 17.9 Å². The SMILES string of the molecule is COc1ccccc1-c1cc(C(=O)N2CCC(S(=O)(=O)c3nncn3C)CC2)[nH]n1. The van der Waals surface area contributed by atoms with Gasteiger partial charge >= 0.3 is 0 Å². The van der Waals surface area contributed by atoms with E-state index in [-0.39, 0.29) is 11.1 Å². The number of ether oxygens (including phenoxy) is 1. The molecule has 2 aromatic heterocycles. The zero-order valence-corrected chi connectivity index (χ0v) is 17.5. The fourth-order valence-corrected chi connectivity index (χ4v) is 5.38. The quantitative estimate of drug-likeness (QED) is 0.647. The number of hydrogen-bond acceptors (Lipinski definition) is 7. The lowest BCUT2D eigenvalue weighted by molar-refractivity contribution is 0.0719. The lowest BCUT2D eigenvalue weighted by atomic mass is 10.1. The molecule has 3 aromatic rings. The maximum Gasteiger partial charge on any atom is 0.271 e. The van der Waals surface area contributed by atoms with E-state index in [9.17, 15) is 13.2 Å². The second kappa shape index (κ2) is 7.90. The molecule has 0 aliphatic carbocycles. The Kier molecular flexibility index (Phi) is 5.29. The molecule has 0 atom stereocenters. The standard InChI is InChI=1S/C19H22N6O4S/c1-24-12-20-23-19(24)30(27,28)13-7-9-25(10-8-13)18(26)16-11-15(21-22-16)14-5-3-4-6-17(14)29-2/h3-6,11-13H,7-10H2,1-2H3,(H,21,22). The van der Waals surface area contributed by atoms with Gasteiger partial charge in [-0.05, 0) is 31.0 Å². The molecule has 0 bridgehead atoms. The molecule has 30 heavy (non-hydrogen) atoms. The number of piperidine rings is 1. The number of methoxy groups -OCH3 is 1. The number of H-pyrrole nitrogens is 1. The third kappa shape index (κ3) is 3.56. The molecule has 158 valence electrons. The molecule has 0 saturated carbocycles. The lowest BCUT2D eigenvalue weighted by Gasteiger charge is -2.31. The summed E-state index contributed by atoms with van der Waals surface area (Å²) >= 11 is 0. The Morgan fingerprint density at radius 2 is 1.97 bits per heavy atom. The van der Waals surface area contributed by atoms with E-state index in [4.69, 9.17) is 4.74 Å². The van der Waals surface area contributed by atoms with Crippen molar-refractivity contribution in [2.75, 3.05) is 20.2 Å². The van der Waals surface area contributed by atoms with Gasteiger partial charge in [-0.1, -0.05) is 12.1 Å². The maximum absolute atomic E-state index is 12.9. The van der Waals surface area contributed by atoms with Gasteiger partial charge in [0.25, 0.3) is 5.91 Å². The molecule has 0 radical (unpaired) electrons. The first-order valence-electron chi connectivity index (χ1n) is 9.47. The largest absolute Gasteiger partial charge is 0.496 e. The first-order valence-corrected chi connectivity index (χ1v) is 11.0. The van der Waals surface area contributed by atoms with Crippen LogP contribution in [-0.2, 0) is 16.9 Å². The highest BCUT2D eigenvalue weighted by molar-refractivity contribution is 7.91. The summed E-state index contributed by atoms with van der Waals surface area (Å²) in [6, 6.07) is 9.11. The predicted molar refractivity (Wildman–Crippen MR) is 108 cm³/mol. The van der Waals surface area contributed by atoms with E-state index in [2.05, 4.69) is 20.4 Å². The number of amides is 1. The number of rotatable bonds is 5.